The van der Waals surface area contributed by atoms with Crippen LogP contribution in [0.15, 0.2) is 29.3 Å². The first-order valence-corrected chi connectivity index (χ1v) is 9.49. The topological polar surface area (TPSA) is 66.4 Å². The molecule has 1 saturated heterocycles. The van der Waals surface area contributed by atoms with Crippen LogP contribution in [-0.2, 0) is 9.53 Å². The molecule has 1 aromatic rings. The van der Waals surface area contributed by atoms with Gasteiger partial charge in [-0.3, -0.25) is 4.79 Å². The van der Waals surface area contributed by atoms with E-state index in [1.165, 1.54) is 4.90 Å². The molecule has 1 aromatic carbocycles. The van der Waals surface area contributed by atoms with E-state index >= 15 is 0 Å². The van der Waals surface area contributed by atoms with Crippen LogP contribution in [0.2, 0.25) is 5.02 Å². The van der Waals surface area contributed by atoms with E-state index in [1.807, 2.05) is 30.1 Å². The molecule has 7 nitrogen and oxygen atoms in total. The van der Waals surface area contributed by atoms with E-state index in [9.17, 15) is 4.79 Å². The second kappa shape index (κ2) is 11.0. The van der Waals surface area contributed by atoms with Crippen LogP contribution in [0.5, 0.6) is 5.75 Å². The number of carbonyl (C=O) groups is 1. The van der Waals surface area contributed by atoms with Gasteiger partial charge < -0.3 is 24.6 Å². The lowest BCUT2D eigenvalue weighted by molar-refractivity contribution is -0.127. The molecular formula is C19H29ClN4O3. The minimum absolute atomic E-state index is 0.0397. The van der Waals surface area contributed by atoms with E-state index in [0.717, 1.165) is 31.9 Å². The van der Waals surface area contributed by atoms with Gasteiger partial charge >= 0.3 is 0 Å². The molecule has 0 radical (unpaired) electrons. The maximum absolute atomic E-state index is 11.9. The Morgan fingerprint density at radius 2 is 2.22 bits per heavy atom. The minimum atomic E-state index is -0.0397. The van der Waals surface area contributed by atoms with Gasteiger partial charge in [0.2, 0.25) is 5.91 Å². The summed E-state index contributed by atoms with van der Waals surface area (Å²) in [4.78, 5) is 19.8. The third-order valence-corrected chi connectivity index (χ3v) is 4.52. The van der Waals surface area contributed by atoms with Crippen molar-refractivity contribution in [3.8, 4) is 5.75 Å². The number of rotatable bonds is 8. The van der Waals surface area contributed by atoms with Crippen molar-refractivity contribution in [1.82, 2.24) is 15.1 Å². The molecule has 27 heavy (non-hydrogen) atoms. The SMILES string of the molecule is CN(C)C(=O)CN=C(NCC1CCOC1)N(C)CCOc1cccc(Cl)c1. The molecule has 1 aliphatic heterocycles. The Morgan fingerprint density at radius 3 is 2.89 bits per heavy atom. The number of nitrogens with one attached hydrogen (secondary N) is 1. The molecule has 0 bridgehead atoms. The summed E-state index contributed by atoms with van der Waals surface area (Å²) in [6.07, 6.45) is 1.04. The van der Waals surface area contributed by atoms with Crippen LogP contribution in [0.4, 0.5) is 0 Å². The summed E-state index contributed by atoms with van der Waals surface area (Å²) >= 11 is 5.97. The normalized spacial score (nSPS) is 16.9. The number of halogens is 1. The van der Waals surface area contributed by atoms with Crippen molar-refractivity contribution in [2.24, 2.45) is 10.9 Å². The van der Waals surface area contributed by atoms with Crippen molar-refractivity contribution in [3.63, 3.8) is 0 Å². The standard InChI is InChI=1S/C19H29ClN4O3/c1-23(2)18(25)13-22-19(21-12-15-7-9-26-14-15)24(3)8-10-27-17-6-4-5-16(20)11-17/h4-6,11,15H,7-10,12-14H2,1-3H3,(H,21,22). The Hall–Kier alpha value is -1.99. The first-order chi connectivity index (χ1) is 13.0. The van der Waals surface area contributed by atoms with Gasteiger partial charge in [-0.15, -0.1) is 0 Å². The first kappa shape index (κ1) is 21.3. The Morgan fingerprint density at radius 1 is 1.41 bits per heavy atom. The largest absolute Gasteiger partial charge is 0.492 e. The molecule has 0 aliphatic carbocycles. The highest BCUT2D eigenvalue weighted by Gasteiger charge is 2.17. The Balaban J connectivity index is 1.88. The Kier molecular flexibility index (Phi) is 8.67. The highest BCUT2D eigenvalue weighted by Crippen LogP contribution is 2.17. The molecule has 1 heterocycles. The Bertz CT molecular complexity index is 633. The summed E-state index contributed by atoms with van der Waals surface area (Å²) < 4.78 is 11.2. The van der Waals surface area contributed by atoms with E-state index in [2.05, 4.69) is 10.3 Å². The quantitative estimate of drug-likeness (QED) is 0.535. The number of likely N-dealkylation sites (N-methyl/N-ethyl adjacent to an activating group) is 2. The van der Waals surface area contributed by atoms with Crippen molar-refractivity contribution >= 4 is 23.5 Å². The van der Waals surface area contributed by atoms with Gasteiger partial charge in [-0.05, 0) is 24.6 Å². The van der Waals surface area contributed by atoms with Gasteiger partial charge in [-0.1, -0.05) is 17.7 Å². The second-order valence-corrected chi connectivity index (χ2v) is 7.20. The predicted octanol–water partition coefficient (Wildman–Crippen LogP) is 1.72. The highest BCUT2D eigenvalue weighted by molar-refractivity contribution is 6.30. The number of hydrogen-bond donors (Lipinski definition) is 1. The van der Waals surface area contributed by atoms with Crippen LogP contribution >= 0.6 is 11.6 Å². The zero-order valence-electron chi connectivity index (χ0n) is 16.3. The minimum Gasteiger partial charge on any atom is -0.492 e. The lowest BCUT2D eigenvalue weighted by Gasteiger charge is -2.24. The third-order valence-electron chi connectivity index (χ3n) is 4.29. The van der Waals surface area contributed by atoms with Crippen molar-refractivity contribution in [2.45, 2.75) is 6.42 Å². The van der Waals surface area contributed by atoms with Gasteiger partial charge in [-0.25, -0.2) is 4.99 Å². The molecule has 1 N–H and O–H groups in total. The number of aliphatic imine (C=N–C) groups is 1. The summed E-state index contributed by atoms with van der Waals surface area (Å²) in [6.45, 7) is 3.55. The summed E-state index contributed by atoms with van der Waals surface area (Å²) in [5.74, 6) is 1.85. The fourth-order valence-corrected chi connectivity index (χ4v) is 2.72. The predicted molar refractivity (Wildman–Crippen MR) is 108 cm³/mol. The fraction of sp³-hybridized carbons (Fsp3) is 0.579. The summed E-state index contributed by atoms with van der Waals surface area (Å²) in [5.41, 5.74) is 0. The van der Waals surface area contributed by atoms with Gasteiger partial charge in [0.15, 0.2) is 5.96 Å². The number of ether oxygens (including phenoxy) is 2. The van der Waals surface area contributed by atoms with Crippen LogP contribution in [-0.4, -0.2) is 82.3 Å². The lowest BCUT2D eigenvalue weighted by atomic mass is 10.1. The van der Waals surface area contributed by atoms with Crippen LogP contribution in [0.3, 0.4) is 0 Å². The maximum atomic E-state index is 11.9. The van der Waals surface area contributed by atoms with Crippen molar-refractivity contribution in [2.75, 3.05) is 60.6 Å². The molecule has 0 aromatic heterocycles. The van der Waals surface area contributed by atoms with E-state index in [-0.39, 0.29) is 12.5 Å². The number of amides is 1. The van der Waals surface area contributed by atoms with Crippen molar-refractivity contribution in [3.05, 3.63) is 29.3 Å². The van der Waals surface area contributed by atoms with Gasteiger partial charge in [0.1, 0.15) is 18.9 Å². The summed E-state index contributed by atoms with van der Waals surface area (Å²) in [5, 5.41) is 4.01. The average Bonchev–Trinajstić information content (AvgIpc) is 3.15. The van der Waals surface area contributed by atoms with Gasteiger partial charge in [0, 0.05) is 45.2 Å². The van der Waals surface area contributed by atoms with Crippen molar-refractivity contribution < 1.29 is 14.3 Å². The molecule has 1 fully saturated rings. The van der Waals surface area contributed by atoms with Crippen LogP contribution in [0.25, 0.3) is 0 Å². The van der Waals surface area contributed by atoms with E-state index in [0.29, 0.717) is 30.1 Å². The number of nitrogens with zero attached hydrogens (tertiary/aromatic N) is 3. The van der Waals surface area contributed by atoms with E-state index in [4.69, 9.17) is 21.1 Å². The van der Waals surface area contributed by atoms with Gasteiger partial charge in [0.05, 0.1) is 13.2 Å². The fourth-order valence-electron chi connectivity index (χ4n) is 2.54. The molecule has 1 atom stereocenters. The van der Waals surface area contributed by atoms with Crippen molar-refractivity contribution in [1.29, 1.82) is 0 Å². The smallest absolute Gasteiger partial charge is 0.243 e. The highest BCUT2D eigenvalue weighted by atomic mass is 35.5. The number of carbonyl (C=O) groups excluding carboxylic acids is 1. The van der Waals surface area contributed by atoms with Crippen LogP contribution in [0, 0.1) is 5.92 Å². The first-order valence-electron chi connectivity index (χ1n) is 9.11. The molecule has 1 amide bonds. The van der Waals surface area contributed by atoms with Gasteiger partial charge in [-0.2, -0.15) is 0 Å². The molecule has 0 saturated carbocycles. The number of benzene rings is 1. The lowest BCUT2D eigenvalue weighted by Crippen LogP contribution is -2.43. The molecule has 1 unspecified atom stereocenters. The third kappa shape index (κ3) is 7.64. The molecule has 1 aliphatic rings. The summed E-state index contributed by atoms with van der Waals surface area (Å²) in [7, 11) is 5.38. The van der Waals surface area contributed by atoms with E-state index in [1.54, 1.807) is 20.2 Å². The second-order valence-electron chi connectivity index (χ2n) is 6.77. The number of hydrogen-bond acceptors (Lipinski definition) is 4. The molecule has 150 valence electrons. The summed E-state index contributed by atoms with van der Waals surface area (Å²) in [6, 6.07) is 7.32. The monoisotopic (exact) mass is 396 g/mol. The molecule has 8 heteroatoms. The van der Waals surface area contributed by atoms with E-state index < -0.39 is 0 Å². The van der Waals surface area contributed by atoms with Crippen LogP contribution < -0.4 is 10.1 Å². The average molecular weight is 397 g/mol. The molecule has 2 rings (SSSR count). The maximum Gasteiger partial charge on any atom is 0.243 e. The number of guanidine groups is 1. The van der Waals surface area contributed by atoms with Gasteiger partial charge in [0.25, 0.3) is 0 Å². The zero-order chi connectivity index (χ0) is 19.6. The molecule has 0 spiro atoms. The molecular weight excluding hydrogens is 368 g/mol. The van der Waals surface area contributed by atoms with Crippen LogP contribution in [0.1, 0.15) is 6.42 Å². The Labute approximate surface area is 166 Å². The zero-order valence-corrected chi connectivity index (χ0v) is 17.0.